The largest absolute Gasteiger partial charge is 0.493 e. The number of benzene rings is 2. The summed E-state index contributed by atoms with van der Waals surface area (Å²) in [5, 5.41) is 0. The summed E-state index contributed by atoms with van der Waals surface area (Å²) in [5.41, 5.74) is 1.54. The van der Waals surface area contributed by atoms with E-state index in [1.165, 1.54) is 6.07 Å². The van der Waals surface area contributed by atoms with Crippen LogP contribution >= 0.6 is 0 Å². The molecule has 0 atom stereocenters. The van der Waals surface area contributed by atoms with Crippen molar-refractivity contribution in [2.45, 2.75) is 18.2 Å². The van der Waals surface area contributed by atoms with E-state index in [4.69, 9.17) is 18.9 Å². The van der Waals surface area contributed by atoms with Gasteiger partial charge in [0.2, 0.25) is 16.8 Å². The molecule has 1 heterocycles. The van der Waals surface area contributed by atoms with Gasteiger partial charge in [-0.2, -0.15) is 0 Å². The molecule has 0 spiro atoms. The zero-order valence-electron chi connectivity index (χ0n) is 14.9. The number of ether oxygens (including phenoxy) is 4. The smallest absolute Gasteiger partial charge is 0.240 e. The van der Waals surface area contributed by atoms with E-state index in [2.05, 4.69) is 4.72 Å². The normalized spacial score (nSPS) is 12.9. The van der Waals surface area contributed by atoms with Gasteiger partial charge in [0.1, 0.15) is 0 Å². The first-order chi connectivity index (χ1) is 12.4. The van der Waals surface area contributed by atoms with E-state index in [0.717, 1.165) is 5.56 Å². The molecule has 0 aliphatic carbocycles. The van der Waals surface area contributed by atoms with Crippen LogP contribution in [0.2, 0.25) is 0 Å². The lowest BCUT2D eigenvalue weighted by atomic mass is 10.1. The van der Waals surface area contributed by atoms with Gasteiger partial charge in [-0.15, -0.1) is 0 Å². The third-order valence-corrected chi connectivity index (χ3v) is 5.72. The zero-order valence-corrected chi connectivity index (χ0v) is 15.7. The van der Waals surface area contributed by atoms with Crippen LogP contribution in [-0.2, 0) is 16.4 Å². The number of hydrogen-bond donors (Lipinski definition) is 1. The van der Waals surface area contributed by atoms with Gasteiger partial charge >= 0.3 is 0 Å². The minimum Gasteiger partial charge on any atom is -0.493 e. The second kappa shape index (κ2) is 7.43. The topological polar surface area (TPSA) is 83.1 Å². The maximum absolute atomic E-state index is 12.6. The van der Waals surface area contributed by atoms with Crippen molar-refractivity contribution in [1.29, 1.82) is 0 Å². The fourth-order valence-corrected chi connectivity index (χ4v) is 4.03. The second-order valence-electron chi connectivity index (χ2n) is 5.81. The number of hydrogen-bond acceptors (Lipinski definition) is 6. The molecule has 0 saturated carbocycles. The van der Waals surface area contributed by atoms with Crippen molar-refractivity contribution >= 4 is 10.0 Å². The zero-order chi connectivity index (χ0) is 18.7. The molecule has 0 unspecified atom stereocenters. The molecule has 0 aromatic heterocycles. The summed E-state index contributed by atoms with van der Waals surface area (Å²) in [6.07, 6.45) is 0.517. The molecular weight excluding hydrogens is 358 g/mol. The standard InChI is InChI=1S/C18H21NO6S/c1-12-8-16-17(25-11-24-16)10-18(12)26(20,21)19-7-6-13-4-5-14(22-2)15(9-13)23-3/h4-5,8-10,19H,6-7,11H2,1-3H3. The maximum atomic E-state index is 12.6. The lowest BCUT2D eigenvalue weighted by Crippen LogP contribution is -2.26. The van der Waals surface area contributed by atoms with E-state index in [-0.39, 0.29) is 18.2 Å². The van der Waals surface area contributed by atoms with Crippen molar-refractivity contribution in [3.8, 4) is 23.0 Å². The van der Waals surface area contributed by atoms with Gasteiger partial charge in [0, 0.05) is 12.6 Å². The molecule has 2 aromatic carbocycles. The highest BCUT2D eigenvalue weighted by Gasteiger charge is 2.22. The summed E-state index contributed by atoms with van der Waals surface area (Å²) >= 11 is 0. The van der Waals surface area contributed by atoms with Gasteiger partial charge in [-0.05, 0) is 42.7 Å². The number of rotatable bonds is 7. The quantitative estimate of drug-likeness (QED) is 0.795. The highest BCUT2D eigenvalue weighted by Crippen LogP contribution is 2.36. The first-order valence-corrected chi connectivity index (χ1v) is 9.53. The highest BCUT2D eigenvalue weighted by atomic mass is 32.2. The molecule has 3 rings (SSSR count). The van der Waals surface area contributed by atoms with E-state index >= 15 is 0 Å². The monoisotopic (exact) mass is 379 g/mol. The molecule has 26 heavy (non-hydrogen) atoms. The van der Waals surface area contributed by atoms with Crippen molar-refractivity contribution < 1.29 is 27.4 Å². The fourth-order valence-electron chi connectivity index (χ4n) is 2.76. The Balaban J connectivity index is 1.70. The van der Waals surface area contributed by atoms with Gasteiger partial charge < -0.3 is 18.9 Å². The van der Waals surface area contributed by atoms with Gasteiger partial charge in [-0.3, -0.25) is 0 Å². The summed E-state index contributed by atoms with van der Waals surface area (Å²) in [6, 6.07) is 8.67. The molecule has 0 fully saturated rings. The van der Waals surface area contributed by atoms with E-state index in [1.807, 2.05) is 12.1 Å². The van der Waals surface area contributed by atoms with Crippen LogP contribution in [0.3, 0.4) is 0 Å². The molecule has 1 aliphatic rings. The van der Waals surface area contributed by atoms with E-state index in [1.54, 1.807) is 33.3 Å². The van der Waals surface area contributed by atoms with Gasteiger partial charge in [-0.1, -0.05) is 6.07 Å². The first kappa shape index (κ1) is 18.3. The minimum absolute atomic E-state index is 0.102. The maximum Gasteiger partial charge on any atom is 0.240 e. The van der Waals surface area contributed by atoms with Gasteiger partial charge in [0.25, 0.3) is 0 Å². The molecule has 0 saturated heterocycles. The Hall–Kier alpha value is -2.45. The van der Waals surface area contributed by atoms with Crippen LogP contribution in [0.15, 0.2) is 35.2 Å². The van der Waals surface area contributed by atoms with Crippen LogP contribution in [0.4, 0.5) is 0 Å². The van der Waals surface area contributed by atoms with Crippen molar-refractivity contribution in [1.82, 2.24) is 4.72 Å². The summed E-state index contributed by atoms with van der Waals surface area (Å²) in [4.78, 5) is 0.189. The summed E-state index contributed by atoms with van der Waals surface area (Å²) < 4.78 is 48.9. The molecule has 0 radical (unpaired) electrons. The number of methoxy groups -OCH3 is 2. The Bertz CT molecular complexity index is 910. The Morgan fingerprint density at radius 3 is 2.42 bits per heavy atom. The molecule has 7 nitrogen and oxygen atoms in total. The summed E-state index contributed by atoms with van der Waals surface area (Å²) in [6.45, 7) is 2.08. The number of nitrogens with one attached hydrogen (secondary N) is 1. The molecule has 1 N–H and O–H groups in total. The molecule has 140 valence electrons. The minimum atomic E-state index is -3.65. The van der Waals surface area contributed by atoms with Crippen LogP contribution < -0.4 is 23.7 Å². The van der Waals surface area contributed by atoms with Crippen molar-refractivity contribution in [3.05, 3.63) is 41.5 Å². The first-order valence-electron chi connectivity index (χ1n) is 8.05. The Labute approximate surface area is 152 Å². The van der Waals surface area contributed by atoms with Crippen LogP contribution in [0, 0.1) is 6.92 Å². The Morgan fingerprint density at radius 1 is 1.04 bits per heavy atom. The van der Waals surface area contributed by atoms with Gasteiger partial charge in [0.15, 0.2) is 23.0 Å². The predicted octanol–water partition coefficient (Wildman–Crippen LogP) is 2.26. The van der Waals surface area contributed by atoms with E-state index < -0.39 is 10.0 Å². The molecule has 8 heteroatoms. The van der Waals surface area contributed by atoms with Gasteiger partial charge in [0.05, 0.1) is 19.1 Å². The third-order valence-electron chi connectivity index (χ3n) is 4.11. The van der Waals surface area contributed by atoms with E-state index in [9.17, 15) is 8.42 Å². The number of fused-ring (bicyclic) bond motifs is 1. The highest BCUT2D eigenvalue weighted by molar-refractivity contribution is 7.89. The lowest BCUT2D eigenvalue weighted by molar-refractivity contribution is 0.174. The van der Waals surface area contributed by atoms with Crippen LogP contribution in [-0.4, -0.2) is 36.0 Å². The number of aryl methyl sites for hydroxylation is 1. The fraction of sp³-hybridized carbons (Fsp3) is 0.333. The molecule has 2 aromatic rings. The van der Waals surface area contributed by atoms with Crippen LogP contribution in [0.5, 0.6) is 23.0 Å². The number of sulfonamides is 1. The predicted molar refractivity (Wildman–Crippen MR) is 95.7 cm³/mol. The third kappa shape index (κ3) is 3.71. The Kier molecular flexibility index (Phi) is 5.24. The van der Waals surface area contributed by atoms with Crippen molar-refractivity contribution in [3.63, 3.8) is 0 Å². The van der Waals surface area contributed by atoms with Crippen LogP contribution in [0.25, 0.3) is 0 Å². The summed E-state index contributed by atoms with van der Waals surface area (Å²) in [7, 11) is -0.522. The van der Waals surface area contributed by atoms with Crippen molar-refractivity contribution in [2.24, 2.45) is 0 Å². The molecule has 1 aliphatic heterocycles. The molecule has 0 amide bonds. The molecule has 0 bridgehead atoms. The summed E-state index contributed by atoms with van der Waals surface area (Å²) in [5.74, 6) is 2.25. The average Bonchev–Trinajstić information content (AvgIpc) is 3.07. The SMILES string of the molecule is COc1ccc(CCNS(=O)(=O)c2cc3c(cc2C)OCO3)cc1OC. The Morgan fingerprint density at radius 2 is 1.73 bits per heavy atom. The second-order valence-corrected chi connectivity index (χ2v) is 7.54. The van der Waals surface area contributed by atoms with Crippen molar-refractivity contribution in [2.75, 3.05) is 27.6 Å². The molecular formula is C18H21NO6S. The van der Waals surface area contributed by atoms with Crippen LogP contribution in [0.1, 0.15) is 11.1 Å². The van der Waals surface area contributed by atoms with E-state index in [0.29, 0.717) is 35.0 Å². The average molecular weight is 379 g/mol. The van der Waals surface area contributed by atoms with Gasteiger partial charge in [-0.25, -0.2) is 13.1 Å². The lowest BCUT2D eigenvalue weighted by Gasteiger charge is -2.12.